The molecule has 198 valence electrons. The number of carbonyl (C=O) groups excluding carboxylic acids is 2. The third-order valence-corrected chi connectivity index (χ3v) is 7.18. The van der Waals surface area contributed by atoms with Crippen molar-refractivity contribution >= 4 is 55.1 Å². The average Bonchev–Trinajstić information content (AvgIpc) is 2.79. The molecule has 36 heavy (non-hydrogen) atoms. The lowest BCUT2D eigenvalue weighted by Crippen LogP contribution is -2.51. The maximum absolute atomic E-state index is 13.4. The van der Waals surface area contributed by atoms with Crippen LogP contribution in [0.2, 0.25) is 5.02 Å². The van der Waals surface area contributed by atoms with Crippen molar-refractivity contribution in [3.8, 4) is 0 Å². The van der Waals surface area contributed by atoms with Gasteiger partial charge in [0.2, 0.25) is 21.8 Å². The summed E-state index contributed by atoms with van der Waals surface area (Å²) in [6, 6.07) is 8.14. The molecule has 7 nitrogen and oxygen atoms in total. The Morgan fingerprint density at radius 3 is 2.28 bits per heavy atom. The molecule has 2 amide bonds. The number of anilines is 1. The number of nitrogens with one attached hydrogen (secondary N) is 1. The summed E-state index contributed by atoms with van der Waals surface area (Å²) in [7, 11) is -4.24. The summed E-state index contributed by atoms with van der Waals surface area (Å²) in [4.78, 5) is 27.3. The minimum Gasteiger partial charge on any atom is -0.354 e. The summed E-state index contributed by atoms with van der Waals surface area (Å²) >= 11 is 9.38. The molecule has 0 aliphatic carbocycles. The van der Waals surface area contributed by atoms with Gasteiger partial charge in [-0.05, 0) is 49.2 Å². The van der Waals surface area contributed by atoms with Gasteiger partial charge in [0.15, 0.2) is 0 Å². The third-order valence-electron chi connectivity index (χ3n) is 5.20. The highest BCUT2D eigenvalue weighted by Crippen LogP contribution is 2.36. The van der Waals surface area contributed by atoms with E-state index in [4.69, 9.17) is 11.6 Å². The van der Waals surface area contributed by atoms with Gasteiger partial charge >= 0.3 is 6.18 Å². The monoisotopic (exact) mass is 611 g/mol. The topological polar surface area (TPSA) is 86.8 Å². The zero-order valence-corrected chi connectivity index (χ0v) is 22.9. The van der Waals surface area contributed by atoms with Crippen LogP contribution >= 0.6 is 27.5 Å². The van der Waals surface area contributed by atoms with Crippen LogP contribution in [0, 0.1) is 0 Å². The van der Waals surface area contributed by atoms with Gasteiger partial charge in [0.05, 0.1) is 22.5 Å². The summed E-state index contributed by atoms with van der Waals surface area (Å²) in [5.41, 5.74) is -0.958. The van der Waals surface area contributed by atoms with Crippen LogP contribution in [0.5, 0.6) is 0 Å². The number of carbonyl (C=O) groups is 2. The van der Waals surface area contributed by atoms with Gasteiger partial charge in [0, 0.05) is 17.6 Å². The molecule has 0 radical (unpaired) electrons. The van der Waals surface area contributed by atoms with Gasteiger partial charge in [0.25, 0.3) is 0 Å². The van der Waals surface area contributed by atoms with Gasteiger partial charge in [-0.25, -0.2) is 8.42 Å². The van der Waals surface area contributed by atoms with Gasteiger partial charge in [0.1, 0.15) is 12.6 Å². The Morgan fingerprint density at radius 1 is 1.14 bits per heavy atom. The molecule has 13 heteroatoms. The molecule has 0 saturated heterocycles. The van der Waals surface area contributed by atoms with Crippen LogP contribution in [0.4, 0.5) is 18.9 Å². The zero-order valence-electron chi connectivity index (χ0n) is 19.8. The van der Waals surface area contributed by atoms with Crippen LogP contribution in [0.3, 0.4) is 0 Å². The fraction of sp³-hybridized carbons (Fsp3) is 0.391. The SMILES string of the molecule is CCCNC(=O)[C@H](C)N(Cc1ccc(Br)cc1)C(=O)CN(c1cc(C(F)(F)F)ccc1Cl)S(C)(=O)=O. The molecule has 0 fully saturated rings. The van der Waals surface area contributed by atoms with Crippen molar-refractivity contribution in [2.45, 2.75) is 39.0 Å². The summed E-state index contributed by atoms with van der Waals surface area (Å²) in [5, 5.41) is 2.41. The number of hydrogen-bond acceptors (Lipinski definition) is 4. The molecule has 0 unspecified atom stereocenters. The minimum absolute atomic E-state index is 0.0409. The van der Waals surface area contributed by atoms with E-state index in [1.54, 1.807) is 24.3 Å². The molecule has 0 bridgehead atoms. The van der Waals surface area contributed by atoms with E-state index in [1.807, 2.05) is 6.92 Å². The first-order valence-electron chi connectivity index (χ1n) is 10.8. The molecular formula is C23H26BrClF3N3O4S. The predicted octanol–water partition coefficient (Wildman–Crippen LogP) is 4.83. The lowest BCUT2D eigenvalue weighted by atomic mass is 10.1. The molecule has 0 aliphatic heterocycles. The van der Waals surface area contributed by atoms with E-state index in [-0.39, 0.29) is 11.6 Å². The second-order valence-electron chi connectivity index (χ2n) is 8.05. The summed E-state index contributed by atoms with van der Waals surface area (Å²) < 4.78 is 66.3. The Hall–Kier alpha value is -2.31. The molecule has 2 aromatic rings. The maximum atomic E-state index is 13.4. The molecular weight excluding hydrogens is 587 g/mol. The molecule has 1 atom stereocenters. The van der Waals surface area contributed by atoms with Crippen LogP contribution in [-0.2, 0) is 32.3 Å². The highest BCUT2D eigenvalue weighted by Gasteiger charge is 2.34. The zero-order chi connectivity index (χ0) is 27.3. The molecule has 2 rings (SSSR count). The molecule has 0 heterocycles. The quantitative estimate of drug-likeness (QED) is 0.417. The fourth-order valence-electron chi connectivity index (χ4n) is 3.24. The Morgan fingerprint density at radius 2 is 1.75 bits per heavy atom. The van der Waals surface area contributed by atoms with Crippen molar-refractivity contribution in [3.63, 3.8) is 0 Å². The van der Waals surface area contributed by atoms with Gasteiger partial charge in [-0.2, -0.15) is 13.2 Å². The van der Waals surface area contributed by atoms with Crippen LogP contribution < -0.4 is 9.62 Å². The molecule has 1 N–H and O–H groups in total. The van der Waals surface area contributed by atoms with Crippen molar-refractivity contribution in [2.75, 3.05) is 23.7 Å². The van der Waals surface area contributed by atoms with Crippen molar-refractivity contribution < 1.29 is 31.2 Å². The fourth-order valence-corrected chi connectivity index (χ4v) is 4.63. The lowest BCUT2D eigenvalue weighted by molar-refractivity contribution is -0.139. The first-order chi connectivity index (χ1) is 16.6. The van der Waals surface area contributed by atoms with Gasteiger partial charge in [-0.1, -0.05) is 46.6 Å². The number of benzene rings is 2. The van der Waals surface area contributed by atoms with Gasteiger partial charge in [-0.15, -0.1) is 0 Å². The van der Waals surface area contributed by atoms with Gasteiger partial charge in [-0.3, -0.25) is 13.9 Å². The number of sulfonamides is 1. The Labute approximate surface area is 221 Å². The van der Waals surface area contributed by atoms with Crippen molar-refractivity contribution in [2.24, 2.45) is 0 Å². The van der Waals surface area contributed by atoms with Crippen LogP contribution in [0.1, 0.15) is 31.4 Å². The largest absolute Gasteiger partial charge is 0.416 e. The Balaban J connectivity index is 2.47. The van der Waals surface area contributed by atoms with E-state index in [1.165, 1.54) is 11.8 Å². The van der Waals surface area contributed by atoms with E-state index in [0.717, 1.165) is 16.8 Å². The minimum atomic E-state index is -4.76. The lowest BCUT2D eigenvalue weighted by Gasteiger charge is -2.32. The van der Waals surface area contributed by atoms with E-state index in [2.05, 4.69) is 21.2 Å². The highest BCUT2D eigenvalue weighted by molar-refractivity contribution is 9.10. The number of amides is 2. The number of halogens is 5. The van der Waals surface area contributed by atoms with Crippen molar-refractivity contribution in [1.29, 1.82) is 0 Å². The molecule has 0 saturated carbocycles. The van der Waals surface area contributed by atoms with Crippen molar-refractivity contribution in [3.05, 3.63) is 63.1 Å². The maximum Gasteiger partial charge on any atom is 0.416 e. The van der Waals surface area contributed by atoms with E-state index in [0.29, 0.717) is 35.0 Å². The highest BCUT2D eigenvalue weighted by atomic mass is 79.9. The molecule has 0 spiro atoms. The number of alkyl halides is 3. The summed E-state index contributed by atoms with van der Waals surface area (Å²) in [6.07, 6.45) is -3.34. The molecule has 2 aromatic carbocycles. The average molecular weight is 613 g/mol. The summed E-state index contributed by atoms with van der Waals surface area (Å²) in [6.45, 7) is 2.82. The molecule has 0 aliphatic rings. The van der Waals surface area contributed by atoms with E-state index < -0.39 is 51.9 Å². The number of nitrogens with zero attached hydrogens (tertiary/aromatic N) is 2. The second-order valence-corrected chi connectivity index (χ2v) is 11.3. The second kappa shape index (κ2) is 12.3. The Kier molecular flexibility index (Phi) is 10.2. The van der Waals surface area contributed by atoms with Gasteiger partial charge < -0.3 is 10.2 Å². The number of rotatable bonds is 10. The van der Waals surface area contributed by atoms with Crippen LogP contribution in [-0.4, -0.2) is 50.5 Å². The van der Waals surface area contributed by atoms with Crippen LogP contribution in [0.25, 0.3) is 0 Å². The first-order valence-corrected chi connectivity index (χ1v) is 13.8. The van der Waals surface area contributed by atoms with E-state index in [9.17, 15) is 31.2 Å². The smallest absolute Gasteiger partial charge is 0.354 e. The molecule has 0 aromatic heterocycles. The van der Waals surface area contributed by atoms with Crippen LogP contribution in [0.15, 0.2) is 46.9 Å². The summed E-state index contributed by atoms with van der Waals surface area (Å²) in [5.74, 6) is -1.25. The van der Waals surface area contributed by atoms with Crippen molar-refractivity contribution in [1.82, 2.24) is 10.2 Å². The number of hydrogen-bond donors (Lipinski definition) is 1. The standard InChI is InChI=1S/C23H26BrClF3N3O4S/c1-4-11-29-22(33)15(2)30(13-16-5-8-18(24)9-6-16)21(32)14-31(36(3,34)35)20-12-17(23(26,27)28)7-10-19(20)25/h5-10,12,15H,4,11,13-14H2,1-3H3,(H,29,33)/t15-/m0/s1. The third kappa shape index (κ3) is 8.10. The van der Waals surface area contributed by atoms with E-state index >= 15 is 0 Å². The Bertz CT molecular complexity index is 1190. The predicted molar refractivity (Wildman–Crippen MR) is 136 cm³/mol. The normalized spacial score (nSPS) is 12.7. The first kappa shape index (κ1) is 29.9.